The number of fused-ring (bicyclic) bond motifs is 3. The number of nitrogens with zero attached hydrogens (tertiary/aromatic N) is 2. The molecule has 10 radical (unpaired) electrons. The van der Waals surface area contributed by atoms with E-state index in [0.717, 1.165) is 23.0 Å². The van der Waals surface area contributed by atoms with Gasteiger partial charge in [-0.25, -0.2) is 0 Å². The fourth-order valence-electron chi connectivity index (χ4n) is 9.12. The summed E-state index contributed by atoms with van der Waals surface area (Å²) >= 11 is 0. The van der Waals surface area contributed by atoms with Crippen LogP contribution in [0.3, 0.4) is 0 Å². The van der Waals surface area contributed by atoms with Crippen LogP contribution < -0.4 is 0 Å². The third-order valence-corrected chi connectivity index (χ3v) is 11.9. The zero-order chi connectivity index (χ0) is 41.0. The van der Waals surface area contributed by atoms with Gasteiger partial charge >= 0.3 is 17.1 Å². The van der Waals surface area contributed by atoms with Gasteiger partial charge in [-0.3, -0.25) is 4.99 Å². The first kappa shape index (κ1) is 41.6. The van der Waals surface area contributed by atoms with Crippen LogP contribution in [0, 0.1) is 60.8 Å². The summed E-state index contributed by atoms with van der Waals surface area (Å²) in [5, 5.41) is 11.9. The molecule has 0 unspecified atom stereocenters. The molecule has 2 saturated carbocycles. The molecule has 0 bridgehead atoms. The van der Waals surface area contributed by atoms with E-state index in [1.165, 1.54) is 63.3 Å². The van der Waals surface area contributed by atoms with Crippen LogP contribution in [0.5, 0.6) is 0 Å². The Morgan fingerprint density at radius 1 is 0.419 bits per heavy atom. The molecule has 7 aromatic rings. The molecule has 1 N–H and O–H groups in total. The van der Waals surface area contributed by atoms with Gasteiger partial charge in [-0.05, 0) is 64.3 Å². The first-order valence-electron chi connectivity index (χ1n) is 20.9. The minimum Gasteiger partial charge on any atom is -0.378 e. The fourth-order valence-corrected chi connectivity index (χ4v) is 9.12. The third kappa shape index (κ3) is 7.93. The van der Waals surface area contributed by atoms with Crippen molar-refractivity contribution in [2.75, 3.05) is 6.54 Å². The van der Waals surface area contributed by atoms with E-state index in [0.29, 0.717) is 6.54 Å². The second kappa shape index (κ2) is 18.7. The first-order valence-corrected chi connectivity index (χ1v) is 20.9. The average Bonchev–Trinajstić information content (AvgIpc) is 4.10. The summed E-state index contributed by atoms with van der Waals surface area (Å²) in [5.74, 6) is 8.51. The van der Waals surface area contributed by atoms with Crippen LogP contribution >= 0.6 is 0 Å². The zero-order valence-corrected chi connectivity index (χ0v) is 35.2. The van der Waals surface area contributed by atoms with Gasteiger partial charge in [0.15, 0.2) is 0 Å². The summed E-state index contributed by atoms with van der Waals surface area (Å²) in [6.45, 7) is 0.650. The molecule has 3 nitrogen and oxygen atoms in total. The Bertz CT molecular complexity index is 2230. The number of aliphatic hydroxyl groups is 1. The quantitative estimate of drug-likeness (QED) is 0.155. The standard InChI is InChI=1S/C35H25.C23H19N2O.Fe/c1-6-16-26(17-7-1)31-32(27-18-8-2-9-19-27)34(29-22-12-4-13-23-29)35(30-24-14-5-15-25-30)33(31)28-20-10-3-11-21-28;26-23(18-9-3-1-4-10-18,19-11-5-2-6-12-19)21-16-25-20-13-7-8-17(20)14-15-22(25)24-21;/h1-25H;1-15,21,26H,16H2;/q;;+2/t;21-;/m.0./s1. The molecular weight excluding hydrogens is 796 g/mol. The van der Waals surface area contributed by atoms with Gasteiger partial charge in [-0.15, -0.1) is 0 Å². The van der Waals surface area contributed by atoms with Crippen molar-refractivity contribution in [3.8, 4) is 0 Å². The number of hydrogen-bond donors (Lipinski definition) is 1. The van der Waals surface area contributed by atoms with Gasteiger partial charge < -0.3 is 10.0 Å². The van der Waals surface area contributed by atoms with Crippen molar-refractivity contribution < 1.29 is 22.2 Å². The molecule has 2 aliphatic carbocycles. The number of rotatable bonds is 8. The van der Waals surface area contributed by atoms with Crippen molar-refractivity contribution in [1.82, 2.24) is 4.90 Å². The Balaban J connectivity index is 0.000000162. The predicted octanol–water partition coefficient (Wildman–Crippen LogP) is 11.4. The van der Waals surface area contributed by atoms with Gasteiger partial charge in [0.1, 0.15) is 17.5 Å². The van der Waals surface area contributed by atoms with Gasteiger partial charge in [-0.1, -0.05) is 218 Å². The second-order valence-electron chi connectivity index (χ2n) is 15.5. The van der Waals surface area contributed by atoms with Crippen LogP contribution in [0.15, 0.2) is 229 Å². The molecule has 0 amide bonds. The largest absolute Gasteiger partial charge is 2.00 e. The molecule has 2 heterocycles. The van der Waals surface area contributed by atoms with Crippen LogP contribution in [0.1, 0.15) is 38.9 Å². The van der Waals surface area contributed by atoms with E-state index >= 15 is 0 Å². The van der Waals surface area contributed by atoms with Crippen molar-refractivity contribution in [3.63, 3.8) is 0 Å². The summed E-state index contributed by atoms with van der Waals surface area (Å²) < 4.78 is 0. The Morgan fingerprint density at radius 2 is 0.742 bits per heavy atom. The molecule has 2 fully saturated rings. The molecule has 0 spiro atoms. The van der Waals surface area contributed by atoms with Crippen molar-refractivity contribution in [3.05, 3.63) is 324 Å². The van der Waals surface area contributed by atoms with Crippen LogP contribution in [-0.4, -0.2) is 28.4 Å². The molecule has 0 saturated heterocycles. The van der Waals surface area contributed by atoms with E-state index in [2.05, 4.69) is 182 Å². The Morgan fingerprint density at radius 3 is 1.08 bits per heavy atom. The van der Waals surface area contributed by atoms with Gasteiger partial charge in [0.25, 0.3) is 0 Å². The molecule has 4 heteroatoms. The summed E-state index contributed by atoms with van der Waals surface area (Å²) in [6.07, 6.45) is 10.4. The fraction of sp³-hybridized carbons (Fsp3) is 0.0517. The molecule has 2 aliphatic heterocycles. The second-order valence-corrected chi connectivity index (χ2v) is 15.5. The Labute approximate surface area is 378 Å². The van der Waals surface area contributed by atoms with Gasteiger partial charge in [0.05, 0.1) is 6.04 Å². The van der Waals surface area contributed by atoms with E-state index in [1.807, 2.05) is 66.7 Å². The number of benzene rings is 7. The van der Waals surface area contributed by atoms with E-state index in [-0.39, 0.29) is 23.1 Å². The molecule has 4 aliphatic rings. The van der Waals surface area contributed by atoms with E-state index in [4.69, 9.17) is 4.99 Å². The van der Waals surface area contributed by atoms with Gasteiger partial charge in [0, 0.05) is 42.1 Å². The first-order chi connectivity index (χ1) is 30.2. The molecule has 62 heavy (non-hydrogen) atoms. The average molecular weight is 841 g/mol. The van der Waals surface area contributed by atoms with E-state index < -0.39 is 5.60 Å². The van der Waals surface area contributed by atoms with E-state index in [1.54, 1.807) is 0 Å². The molecule has 1 atom stereocenters. The summed E-state index contributed by atoms with van der Waals surface area (Å²) in [6, 6.07) is 74.7. The third-order valence-electron chi connectivity index (χ3n) is 11.9. The minimum atomic E-state index is -1.17. The van der Waals surface area contributed by atoms with Crippen LogP contribution in [0.25, 0.3) is 0 Å². The monoisotopic (exact) mass is 840 g/mol. The zero-order valence-electron chi connectivity index (χ0n) is 34.1. The van der Waals surface area contributed by atoms with Crippen LogP contribution in [-0.2, 0) is 22.7 Å². The molecular formula is C58H44FeN2O+2. The number of aliphatic imine (C=N–C) groups is 1. The number of amidine groups is 1. The smallest absolute Gasteiger partial charge is 0.378 e. The number of hydrogen-bond acceptors (Lipinski definition) is 3. The molecule has 0 aromatic heterocycles. The maximum absolute atomic E-state index is 11.9. The Kier molecular flexibility index (Phi) is 12.5. The predicted molar refractivity (Wildman–Crippen MR) is 246 cm³/mol. The maximum atomic E-state index is 11.9. The minimum absolute atomic E-state index is 0. The normalized spacial score (nSPS) is 18.7. The summed E-state index contributed by atoms with van der Waals surface area (Å²) in [7, 11) is 0. The molecule has 7 aromatic carbocycles. The van der Waals surface area contributed by atoms with Crippen molar-refractivity contribution in [1.29, 1.82) is 0 Å². The summed E-state index contributed by atoms with van der Waals surface area (Å²) in [4.78, 5) is 7.12. The molecule has 298 valence electrons. The van der Waals surface area contributed by atoms with Crippen molar-refractivity contribution >= 4 is 5.84 Å². The Hall–Kier alpha value is -5.77. The van der Waals surface area contributed by atoms with Gasteiger partial charge in [0.2, 0.25) is 0 Å². The van der Waals surface area contributed by atoms with Crippen LogP contribution in [0.4, 0.5) is 0 Å². The topological polar surface area (TPSA) is 35.8 Å². The van der Waals surface area contributed by atoms with Crippen molar-refractivity contribution in [2.24, 2.45) is 4.99 Å². The van der Waals surface area contributed by atoms with Crippen LogP contribution in [0.2, 0.25) is 0 Å². The van der Waals surface area contributed by atoms with E-state index in [9.17, 15) is 5.11 Å². The summed E-state index contributed by atoms with van der Waals surface area (Å²) in [5.41, 5.74) is 6.69. The molecule has 11 rings (SSSR count). The maximum Gasteiger partial charge on any atom is 2.00 e. The SMILES string of the molecule is OC(c1ccccc1)(c1ccccc1)[C@@H]1CN2[C]3[CH][CH][CH][C]3C=CC2=N1.[Fe+2].c1ccc([C]2[C](c3ccccc3)[C](c3ccccc3)[C](c3ccccc3)[C]2c2ccccc2)cc1. The van der Waals surface area contributed by atoms with Crippen molar-refractivity contribution in [2.45, 2.75) is 11.6 Å². The van der Waals surface area contributed by atoms with Gasteiger partial charge in [-0.2, -0.15) is 0 Å².